The summed E-state index contributed by atoms with van der Waals surface area (Å²) in [5.74, 6) is -3.02. The Morgan fingerprint density at radius 2 is 1.88 bits per heavy atom. The second-order valence-corrected chi connectivity index (χ2v) is 14.7. The fraction of sp³-hybridized carbons (Fsp3) is 0.622. The van der Waals surface area contributed by atoms with Crippen LogP contribution in [0.5, 0.6) is 0 Å². The fourth-order valence-electron chi connectivity index (χ4n) is 7.87. The number of aliphatic hydroxyl groups excluding tert-OH is 1. The molecule has 7 atom stereocenters. The number of carbonyl (C=O) groups is 4. The van der Waals surface area contributed by atoms with Gasteiger partial charge < -0.3 is 34.4 Å². The Bertz CT molecular complexity index is 1360. The fourth-order valence-corrected chi connectivity index (χ4v) is 8.81. The van der Waals surface area contributed by atoms with Crippen LogP contribution >= 0.6 is 15.9 Å². The Labute approximate surface area is 303 Å². The molecule has 1 aromatic rings. The average Bonchev–Trinajstić information content (AvgIpc) is 3.72. The Morgan fingerprint density at radius 3 is 2.58 bits per heavy atom. The summed E-state index contributed by atoms with van der Waals surface area (Å²) in [5, 5.41) is 12.5. The Kier molecular flexibility index (Phi) is 13.7. The number of hydrogen-bond acceptors (Lipinski definition) is 9. The molecular formula is C37H51BrN4O8. The van der Waals surface area contributed by atoms with E-state index in [1.165, 1.54) is 0 Å². The molecule has 4 aliphatic rings. The molecule has 12 nitrogen and oxygen atoms in total. The van der Waals surface area contributed by atoms with Gasteiger partial charge in [0.15, 0.2) is 0 Å². The van der Waals surface area contributed by atoms with Crippen molar-refractivity contribution in [3.8, 4) is 0 Å². The molecule has 0 radical (unpaired) electrons. The zero-order valence-electron chi connectivity index (χ0n) is 28.8. The summed E-state index contributed by atoms with van der Waals surface area (Å²) in [4.78, 5) is 61.4. The van der Waals surface area contributed by atoms with Crippen LogP contribution in [0.3, 0.4) is 0 Å². The van der Waals surface area contributed by atoms with Crippen LogP contribution in [-0.4, -0.2) is 132 Å². The van der Waals surface area contributed by atoms with Crippen molar-refractivity contribution in [3.05, 3.63) is 61.2 Å². The molecule has 2 N–H and O–H groups in total. The molecule has 2 bridgehead atoms. The average molecular weight is 760 g/mol. The van der Waals surface area contributed by atoms with E-state index >= 15 is 0 Å². The minimum Gasteiger partial charge on any atom is -0.463 e. The summed E-state index contributed by atoms with van der Waals surface area (Å²) >= 11 is 3.76. The summed E-state index contributed by atoms with van der Waals surface area (Å²) in [6, 6.07) is 7.67. The molecule has 4 fully saturated rings. The van der Waals surface area contributed by atoms with E-state index in [0.717, 1.165) is 18.7 Å². The first-order valence-corrected chi connectivity index (χ1v) is 18.7. The van der Waals surface area contributed by atoms with Crippen molar-refractivity contribution in [3.63, 3.8) is 0 Å². The maximum absolute atomic E-state index is 14.7. The molecule has 50 heavy (non-hydrogen) atoms. The number of benzene rings is 1. The monoisotopic (exact) mass is 758 g/mol. The lowest BCUT2D eigenvalue weighted by atomic mass is 9.70. The third-order valence-corrected chi connectivity index (χ3v) is 11.2. The van der Waals surface area contributed by atoms with Gasteiger partial charge in [0.1, 0.15) is 18.2 Å². The van der Waals surface area contributed by atoms with E-state index < -0.39 is 41.6 Å². The van der Waals surface area contributed by atoms with Gasteiger partial charge in [-0.1, -0.05) is 58.4 Å². The summed E-state index contributed by atoms with van der Waals surface area (Å²) in [6.07, 6.45) is 5.63. The number of morpholine rings is 1. The number of aliphatic hydroxyl groups is 1. The van der Waals surface area contributed by atoms with Crippen LogP contribution in [0.4, 0.5) is 0 Å². The predicted octanol–water partition coefficient (Wildman–Crippen LogP) is 2.61. The van der Waals surface area contributed by atoms with E-state index in [4.69, 9.17) is 14.2 Å². The zero-order chi connectivity index (χ0) is 35.7. The number of esters is 1. The minimum absolute atomic E-state index is 0.0436. The number of alkyl halides is 1. The topological polar surface area (TPSA) is 138 Å². The zero-order valence-corrected chi connectivity index (χ0v) is 30.3. The second-order valence-electron chi connectivity index (χ2n) is 13.5. The SMILES string of the molecule is C=CCCC(=O)OC[C@H](NC(=O)[C@H]1[C@@H]2O[C@@]3(CC2Br)[C@@H]1C(=O)N(CCCCCO)[C@@H]3C(=O)N(CC=C)CCN1CCOCC1)c1ccccc1. The van der Waals surface area contributed by atoms with Gasteiger partial charge in [0.25, 0.3) is 0 Å². The maximum atomic E-state index is 14.7. The predicted molar refractivity (Wildman–Crippen MR) is 190 cm³/mol. The lowest BCUT2D eigenvalue weighted by Crippen LogP contribution is -2.58. The van der Waals surface area contributed by atoms with E-state index in [9.17, 15) is 24.3 Å². The van der Waals surface area contributed by atoms with E-state index in [0.29, 0.717) is 71.5 Å². The van der Waals surface area contributed by atoms with Crippen molar-refractivity contribution in [2.45, 2.75) is 67.1 Å². The third kappa shape index (κ3) is 8.33. The molecule has 274 valence electrons. The molecule has 4 heterocycles. The smallest absolute Gasteiger partial charge is 0.306 e. The van der Waals surface area contributed by atoms with Crippen LogP contribution in [0, 0.1) is 11.8 Å². The molecule has 5 rings (SSSR count). The van der Waals surface area contributed by atoms with E-state index in [-0.39, 0.29) is 42.2 Å². The van der Waals surface area contributed by atoms with Gasteiger partial charge in [-0.25, -0.2) is 0 Å². The molecule has 1 aromatic carbocycles. The van der Waals surface area contributed by atoms with Crippen molar-refractivity contribution in [1.29, 1.82) is 0 Å². The first-order chi connectivity index (χ1) is 24.2. The van der Waals surface area contributed by atoms with Gasteiger partial charge in [0.05, 0.1) is 37.2 Å². The molecule has 0 aliphatic carbocycles. The summed E-state index contributed by atoms with van der Waals surface area (Å²) in [6.45, 7) is 12.1. The molecule has 4 saturated heterocycles. The third-order valence-electron chi connectivity index (χ3n) is 10.3. The first kappa shape index (κ1) is 38.1. The Hall–Kier alpha value is -3.10. The summed E-state index contributed by atoms with van der Waals surface area (Å²) in [5.41, 5.74) is -0.452. The number of unbranched alkanes of at least 4 members (excludes halogenated alkanes) is 2. The van der Waals surface area contributed by atoms with Gasteiger partial charge in [-0.3, -0.25) is 24.1 Å². The number of amides is 3. The molecule has 3 amide bonds. The lowest BCUT2D eigenvalue weighted by molar-refractivity contribution is -0.148. The normalized spacial score (nSPS) is 27.8. The van der Waals surface area contributed by atoms with Crippen LogP contribution in [0.15, 0.2) is 55.6 Å². The van der Waals surface area contributed by atoms with Crippen molar-refractivity contribution in [1.82, 2.24) is 20.0 Å². The minimum atomic E-state index is -1.20. The number of ether oxygens (including phenoxy) is 3. The quantitative estimate of drug-likeness (QED) is 0.0945. The standard InChI is InChI=1S/C37H51BrN4O8/c1-3-5-14-29(44)49-25-28(26-12-8-6-9-13-26)39-34(45)30-31-35(46)42(16-10-7-11-21-43)33(37(31)24-27(38)32(30)50-37)36(47)41(15-4-2)18-17-40-19-22-48-23-20-40/h3-4,6,8-9,12-13,27-28,30-33,43H,1-2,5,7,10-11,14-25H2,(H,39,45)/t27?,28-,30+,31-,32+,33+,37-/m0/s1. The highest BCUT2D eigenvalue weighted by molar-refractivity contribution is 9.09. The van der Waals surface area contributed by atoms with Crippen LogP contribution in [-0.2, 0) is 33.4 Å². The molecule has 13 heteroatoms. The second kappa shape index (κ2) is 17.9. The summed E-state index contributed by atoms with van der Waals surface area (Å²) < 4.78 is 17.8. The van der Waals surface area contributed by atoms with Crippen molar-refractivity contribution < 1.29 is 38.5 Å². The van der Waals surface area contributed by atoms with Gasteiger partial charge >= 0.3 is 5.97 Å². The van der Waals surface area contributed by atoms with E-state index in [1.54, 1.807) is 22.0 Å². The van der Waals surface area contributed by atoms with Crippen molar-refractivity contribution >= 4 is 39.6 Å². The molecular weight excluding hydrogens is 708 g/mol. The number of nitrogens with zero attached hydrogens (tertiary/aromatic N) is 3. The van der Waals surface area contributed by atoms with Gasteiger partial charge in [0.2, 0.25) is 17.7 Å². The van der Waals surface area contributed by atoms with Crippen LogP contribution in [0.1, 0.15) is 50.1 Å². The molecule has 1 spiro atoms. The number of halogens is 1. The van der Waals surface area contributed by atoms with Gasteiger partial charge in [-0.15, -0.1) is 13.2 Å². The number of carbonyl (C=O) groups excluding carboxylic acids is 4. The van der Waals surface area contributed by atoms with Gasteiger partial charge in [-0.2, -0.15) is 0 Å². The number of rotatable bonds is 19. The van der Waals surface area contributed by atoms with Crippen molar-refractivity contribution in [2.24, 2.45) is 11.8 Å². The molecule has 0 aromatic heterocycles. The number of nitrogens with one attached hydrogen (secondary N) is 1. The van der Waals surface area contributed by atoms with Gasteiger partial charge in [-0.05, 0) is 37.7 Å². The number of allylic oxidation sites excluding steroid dienone is 1. The summed E-state index contributed by atoms with van der Waals surface area (Å²) in [7, 11) is 0. The highest BCUT2D eigenvalue weighted by atomic mass is 79.9. The van der Waals surface area contributed by atoms with Crippen LogP contribution in [0.25, 0.3) is 0 Å². The highest BCUT2D eigenvalue weighted by Gasteiger charge is 2.76. The van der Waals surface area contributed by atoms with E-state index in [2.05, 4.69) is 39.3 Å². The molecule has 0 saturated carbocycles. The maximum Gasteiger partial charge on any atom is 0.306 e. The lowest BCUT2D eigenvalue weighted by Gasteiger charge is -2.38. The first-order valence-electron chi connectivity index (χ1n) is 17.8. The number of fused-ring (bicyclic) bond motifs is 1. The van der Waals surface area contributed by atoms with Crippen molar-refractivity contribution in [2.75, 3.05) is 65.7 Å². The Morgan fingerprint density at radius 1 is 1.12 bits per heavy atom. The molecule has 4 aliphatic heterocycles. The van der Waals surface area contributed by atoms with Crippen LogP contribution in [0.2, 0.25) is 0 Å². The molecule has 1 unspecified atom stereocenters. The van der Waals surface area contributed by atoms with Gasteiger partial charge in [0, 0.05) is 57.1 Å². The largest absolute Gasteiger partial charge is 0.463 e. The Balaban J connectivity index is 1.41. The van der Waals surface area contributed by atoms with E-state index in [1.807, 2.05) is 30.3 Å². The van der Waals surface area contributed by atoms with Crippen LogP contribution < -0.4 is 5.32 Å². The number of likely N-dealkylation sites (tertiary alicyclic amines) is 1. The number of hydrogen-bond donors (Lipinski definition) is 2. The highest BCUT2D eigenvalue weighted by Crippen LogP contribution is 2.60.